The van der Waals surface area contributed by atoms with Gasteiger partial charge in [-0.25, -0.2) is 9.18 Å². The molecule has 0 aromatic heterocycles. The van der Waals surface area contributed by atoms with Gasteiger partial charge in [-0.1, -0.05) is 6.07 Å². The molecular formula is C25H27FN4O3. The molecule has 7 nitrogen and oxygen atoms in total. The van der Waals surface area contributed by atoms with E-state index in [1.165, 1.54) is 35.4 Å². The first kappa shape index (κ1) is 21.4. The molecule has 5 rings (SSSR count). The van der Waals surface area contributed by atoms with Gasteiger partial charge in [-0.05, 0) is 66.8 Å². The molecule has 4 amide bonds. The molecule has 33 heavy (non-hydrogen) atoms. The lowest BCUT2D eigenvalue weighted by Gasteiger charge is -2.35. The summed E-state index contributed by atoms with van der Waals surface area (Å²) in [6, 6.07) is 11.5. The van der Waals surface area contributed by atoms with Crippen LogP contribution in [0.3, 0.4) is 0 Å². The fraction of sp³-hybridized carbons (Fsp3) is 0.400. The van der Waals surface area contributed by atoms with Crippen LogP contribution in [0.1, 0.15) is 24.0 Å². The van der Waals surface area contributed by atoms with Crippen molar-refractivity contribution in [3.63, 3.8) is 0 Å². The predicted octanol–water partition coefficient (Wildman–Crippen LogP) is 3.04. The Labute approximate surface area is 192 Å². The summed E-state index contributed by atoms with van der Waals surface area (Å²) in [6.07, 6.45) is 3.52. The third-order valence-electron chi connectivity index (χ3n) is 6.84. The van der Waals surface area contributed by atoms with Gasteiger partial charge in [-0.2, -0.15) is 0 Å². The lowest BCUT2D eigenvalue weighted by Crippen LogP contribution is -2.53. The summed E-state index contributed by atoms with van der Waals surface area (Å²) < 4.78 is 13.0. The minimum Gasteiger partial charge on any atom is -0.339 e. The number of fused-ring (bicyclic) bond motifs is 1. The number of anilines is 2. The molecule has 1 aliphatic carbocycles. The summed E-state index contributed by atoms with van der Waals surface area (Å²) >= 11 is 0. The molecule has 3 aliphatic rings. The fourth-order valence-corrected chi connectivity index (χ4v) is 4.97. The summed E-state index contributed by atoms with van der Waals surface area (Å²) in [5.41, 5.74) is 4.08. The number of hydrogen-bond acceptors (Lipinski definition) is 3. The maximum atomic E-state index is 13.1. The van der Waals surface area contributed by atoms with Crippen LogP contribution < -0.4 is 10.2 Å². The first-order valence-electron chi connectivity index (χ1n) is 11.5. The Morgan fingerprint density at radius 3 is 2.36 bits per heavy atom. The van der Waals surface area contributed by atoms with Crippen molar-refractivity contribution in [2.45, 2.75) is 25.7 Å². The van der Waals surface area contributed by atoms with Gasteiger partial charge >= 0.3 is 6.03 Å². The number of rotatable bonds is 3. The van der Waals surface area contributed by atoms with E-state index in [9.17, 15) is 18.8 Å². The molecule has 2 aromatic rings. The van der Waals surface area contributed by atoms with E-state index in [-0.39, 0.29) is 36.0 Å². The standard InChI is InChI=1S/C25H27FN4O3/c26-20-5-7-21(8-6-20)27-25(33)29-12-10-28(11-13-29)24(32)19-15-23(31)30(16-19)22-9-4-17-2-1-3-18(17)14-22/h4-9,14,19H,1-3,10-13,15-16H2,(H,27,33). The summed E-state index contributed by atoms with van der Waals surface area (Å²) in [6.45, 7) is 2.09. The van der Waals surface area contributed by atoms with Crippen molar-refractivity contribution in [2.75, 3.05) is 42.9 Å². The molecule has 0 bridgehead atoms. The number of piperazine rings is 1. The Morgan fingerprint density at radius 1 is 0.909 bits per heavy atom. The minimum atomic E-state index is -0.361. The van der Waals surface area contributed by atoms with E-state index in [0.717, 1.165) is 24.9 Å². The monoisotopic (exact) mass is 450 g/mol. The van der Waals surface area contributed by atoms with Crippen molar-refractivity contribution in [1.29, 1.82) is 0 Å². The lowest BCUT2D eigenvalue weighted by molar-refractivity contribution is -0.137. The normalized spacial score (nSPS) is 20.2. The number of aryl methyl sites for hydroxylation is 2. The summed E-state index contributed by atoms with van der Waals surface area (Å²) in [5.74, 6) is -0.750. The number of benzene rings is 2. The Morgan fingerprint density at radius 2 is 1.61 bits per heavy atom. The first-order valence-corrected chi connectivity index (χ1v) is 11.5. The van der Waals surface area contributed by atoms with Crippen LogP contribution in [0.25, 0.3) is 0 Å². The van der Waals surface area contributed by atoms with Crippen LogP contribution in [-0.4, -0.2) is 60.4 Å². The van der Waals surface area contributed by atoms with Crippen molar-refractivity contribution in [1.82, 2.24) is 9.80 Å². The van der Waals surface area contributed by atoms with Gasteiger partial charge in [0, 0.05) is 50.5 Å². The number of halogens is 1. The van der Waals surface area contributed by atoms with Crippen molar-refractivity contribution in [3.05, 3.63) is 59.4 Å². The highest BCUT2D eigenvalue weighted by Crippen LogP contribution is 2.31. The lowest BCUT2D eigenvalue weighted by atomic mass is 10.1. The molecule has 0 saturated carbocycles. The Balaban J connectivity index is 1.15. The molecule has 1 atom stereocenters. The molecular weight excluding hydrogens is 423 g/mol. The van der Waals surface area contributed by atoms with Gasteiger partial charge in [-0.15, -0.1) is 0 Å². The minimum absolute atomic E-state index is 0.0105. The van der Waals surface area contributed by atoms with E-state index >= 15 is 0 Å². The smallest absolute Gasteiger partial charge is 0.321 e. The van der Waals surface area contributed by atoms with E-state index in [1.807, 2.05) is 6.07 Å². The second-order valence-electron chi connectivity index (χ2n) is 8.96. The van der Waals surface area contributed by atoms with Crippen LogP contribution >= 0.6 is 0 Å². The third-order valence-corrected chi connectivity index (χ3v) is 6.84. The maximum absolute atomic E-state index is 13.1. The average molecular weight is 451 g/mol. The van der Waals surface area contributed by atoms with Crippen molar-refractivity contribution in [2.24, 2.45) is 5.92 Å². The molecule has 2 aliphatic heterocycles. The SMILES string of the molecule is O=C(Nc1ccc(F)cc1)N1CCN(C(=O)C2CC(=O)N(c3ccc4c(c3)CCC4)C2)CC1. The van der Waals surface area contributed by atoms with E-state index in [2.05, 4.69) is 17.4 Å². The molecule has 2 aromatic carbocycles. The van der Waals surface area contributed by atoms with Gasteiger partial charge in [0.1, 0.15) is 5.82 Å². The second-order valence-corrected chi connectivity index (χ2v) is 8.96. The Kier molecular flexibility index (Phi) is 5.74. The van der Waals surface area contributed by atoms with Crippen LogP contribution in [0, 0.1) is 11.7 Å². The fourth-order valence-electron chi connectivity index (χ4n) is 4.97. The quantitative estimate of drug-likeness (QED) is 0.781. The molecule has 8 heteroatoms. The average Bonchev–Trinajstić information content (AvgIpc) is 3.46. The van der Waals surface area contributed by atoms with Crippen LogP contribution in [0.5, 0.6) is 0 Å². The zero-order chi connectivity index (χ0) is 22.9. The molecule has 172 valence electrons. The van der Waals surface area contributed by atoms with Crippen molar-refractivity contribution >= 4 is 29.2 Å². The van der Waals surface area contributed by atoms with Crippen LogP contribution in [-0.2, 0) is 22.4 Å². The topological polar surface area (TPSA) is 73.0 Å². The van der Waals surface area contributed by atoms with Gasteiger partial charge in [-0.3, -0.25) is 9.59 Å². The van der Waals surface area contributed by atoms with Crippen LogP contribution in [0.2, 0.25) is 0 Å². The van der Waals surface area contributed by atoms with Gasteiger partial charge in [0.05, 0.1) is 5.92 Å². The highest BCUT2D eigenvalue weighted by Gasteiger charge is 2.38. The number of nitrogens with one attached hydrogen (secondary N) is 1. The molecule has 2 saturated heterocycles. The second kappa shape index (κ2) is 8.84. The number of carbonyl (C=O) groups is 3. The van der Waals surface area contributed by atoms with E-state index in [4.69, 9.17) is 0 Å². The number of amides is 4. The van der Waals surface area contributed by atoms with E-state index < -0.39 is 0 Å². The van der Waals surface area contributed by atoms with Crippen LogP contribution in [0.15, 0.2) is 42.5 Å². The summed E-state index contributed by atoms with van der Waals surface area (Å²) in [5, 5.41) is 2.75. The number of nitrogens with zero attached hydrogens (tertiary/aromatic N) is 3. The van der Waals surface area contributed by atoms with Crippen molar-refractivity contribution < 1.29 is 18.8 Å². The van der Waals surface area contributed by atoms with Gasteiger partial charge in [0.25, 0.3) is 0 Å². The summed E-state index contributed by atoms with van der Waals surface area (Å²) in [7, 11) is 0. The zero-order valence-electron chi connectivity index (χ0n) is 18.4. The first-order chi connectivity index (χ1) is 16.0. The molecule has 0 spiro atoms. The van der Waals surface area contributed by atoms with Gasteiger partial charge in [0.2, 0.25) is 11.8 Å². The van der Waals surface area contributed by atoms with Crippen molar-refractivity contribution in [3.8, 4) is 0 Å². The molecule has 1 N–H and O–H groups in total. The number of urea groups is 1. The largest absolute Gasteiger partial charge is 0.339 e. The Bertz CT molecular complexity index is 1080. The van der Waals surface area contributed by atoms with E-state index in [1.54, 1.807) is 14.7 Å². The summed E-state index contributed by atoms with van der Waals surface area (Å²) in [4.78, 5) is 43.4. The van der Waals surface area contributed by atoms with Gasteiger partial charge in [0.15, 0.2) is 0 Å². The zero-order valence-corrected chi connectivity index (χ0v) is 18.4. The van der Waals surface area contributed by atoms with Crippen LogP contribution in [0.4, 0.5) is 20.6 Å². The third kappa shape index (κ3) is 4.42. The van der Waals surface area contributed by atoms with E-state index in [0.29, 0.717) is 38.4 Å². The molecule has 2 heterocycles. The number of carbonyl (C=O) groups excluding carboxylic acids is 3. The highest BCUT2D eigenvalue weighted by molar-refractivity contribution is 6.00. The van der Waals surface area contributed by atoms with Gasteiger partial charge < -0.3 is 20.0 Å². The highest BCUT2D eigenvalue weighted by atomic mass is 19.1. The molecule has 1 unspecified atom stereocenters. The maximum Gasteiger partial charge on any atom is 0.321 e. The number of hydrogen-bond donors (Lipinski definition) is 1. The molecule has 0 radical (unpaired) electrons. The molecule has 2 fully saturated rings. The Hall–Kier alpha value is -3.42. The predicted molar refractivity (Wildman–Crippen MR) is 122 cm³/mol.